The molecule has 122 valence electrons. The molecule has 6 heteroatoms. The third-order valence-corrected chi connectivity index (χ3v) is 4.77. The summed E-state index contributed by atoms with van der Waals surface area (Å²) in [5.41, 5.74) is 4.89. The Morgan fingerprint density at radius 3 is 2.92 bits per heavy atom. The zero-order chi connectivity index (χ0) is 16.8. The molecule has 24 heavy (non-hydrogen) atoms. The predicted molar refractivity (Wildman–Crippen MR) is 94.5 cm³/mol. The van der Waals surface area contributed by atoms with Gasteiger partial charge in [-0.2, -0.15) is 5.10 Å². The monoisotopic (exact) mass is 340 g/mol. The summed E-state index contributed by atoms with van der Waals surface area (Å²) in [7, 11) is 1.92. The molecule has 0 fully saturated rings. The first-order valence-electron chi connectivity index (χ1n) is 7.83. The van der Waals surface area contributed by atoms with Crippen LogP contribution in [0.2, 0.25) is 5.02 Å². The number of pyridine rings is 1. The van der Waals surface area contributed by atoms with Crippen LogP contribution in [0.15, 0.2) is 42.6 Å². The molecule has 0 N–H and O–H groups in total. The highest BCUT2D eigenvalue weighted by Gasteiger charge is 2.28. The number of fused-ring (bicyclic) bond motifs is 2. The summed E-state index contributed by atoms with van der Waals surface area (Å²) < 4.78 is 1.64. The van der Waals surface area contributed by atoms with Crippen LogP contribution in [0, 0.1) is 6.92 Å². The van der Waals surface area contributed by atoms with Gasteiger partial charge < -0.3 is 0 Å². The fourth-order valence-electron chi connectivity index (χ4n) is 3.25. The molecule has 1 aliphatic rings. The molecule has 3 aromatic rings. The van der Waals surface area contributed by atoms with E-state index in [-0.39, 0.29) is 5.91 Å². The van der Waals surface area contributed by atoms with Crippen molar-refractivity contribution in [2.24, 2.45) is 0 Å². The molecule has 2 aromatic heterocycles. The van der Waals surface area contributed by atoms with Crippen molar-refractivity contribution in [3.63, 3.8) is 0 Å². The van der Waals surface area contributed by atoms with E-state index in [9.17, 15) is 4.79 Å². The lowest BCUT2D eigenvalue weighted by atomic mass is 10.0. The van der Waals surface area contributed by atoms with Crippen LogP contribution < -0.4 is 5.01 Å². The first-order chi connectivity index (χ1) is 11.5. The number of halogens is 1. The smallest absolute Gasteiger partial charge is 0.285 e. The zero-order valence-corrected chi connectivity index (χ0v) is 14.3. The number of rotatable bonds is 1. The number of carbonyl (C=O) groups excluding carboxylic acids is 1. The highest BCUT2D eigenvalue weighted by atomic mass is 35.5. The summed E-state index contributed by atoms with van der Waals surface area (Å²) >= 11 is 5.99. The maximum atomic E-state index is 12.9. The Labute approximate surface area is 145 Å². The van der Waals surface area contributed by atoms with Crippen LogP contribution in [0.25, 0.3) is 5.52 Å². The minimum absolute atomic E-state index is 0.107. The Hall–Kier alpha value is -2.53. The summed E-state index contributed by atoms with van der Waals surface area (Å²) in [5.74, 6) is -0.107. The van der Waals surface area contributed by atoms with Crippen molar-refractivity contribution in [1.29, 1.82) is 0 Å². The molecule has 3 heterocycles. The Balaban J connectivity index is 1.69. The predicted octanol–water partition coefficient (Wildman–Crippen LogP) is 3.35. The van der Waals surface area contributed by atoms with Crippen molar-refractivity contribution >= 4 is 28.7 Å². The normalized spacial score (nSPS) is 14.1. The number of aryl methyl sites for hydroxylation is 1. The van der Waals surface area contributed by atoms with E-state index < -0.39 is 0 Å². The second kappa shape index (κ2) is 5.53. The van der Waals surface area contributed by atoms with Gasteiger partial charge in [0.2, 0.25) is 0 Å². The third-order valence-electron chi connectivity index (χ3n) is 4.55. The summed E-state index contributed by atoms with van der Waals surface area (Å²) in [6.07, 6.45) is 2.55. The number of benzene rings is 1. The van der Waals surface area contributed by atoms with Crippen molar-refractivity contribution in [3.05, 3.63) is 64.4 Å². The first kappa shape index (κ1) is 15.0. The van der Waals surface area contributed by atoms with Gasteiger partial charge in [0.05, 0.1) is 16.2 Å². The van der Waals surface area contributed by atoms with Crippen LogP contribution in [0.1, 0.15) is 21.6 Å². The van der Waals surface area contributed by atoms with E-state index >= 15 is 0 Å². The SMILES string of the molecule is Cc1cccc2c1CCN(C(=O)c1cc3ccc(Cl)cn3n1)N2C. The number of hydrazine groups is 1. The van der Waals surface area contributed by atoms with Crippen LogP contribution in [0.5, 0.6) is 0 Å². The summed E-state index contributed by atoms with van der Waals surface area (Å²) in [6, 6.07) is 11.6. The quantitative estimate of drug-likeness (QED) is 0.682. The number of anilines is 1. The molecule has 1 amide bonds. The lowest BCUT2D eigenvalue weighted by Gasteiger charge is -2.38. The van der Waals surface area contributed by atoms with Gasteiger partial charge in [0, 0.05) is 19.8 Å². The molecular weight excluding hydrogens is 324 g/mol. The molecule has 0 atom stereocenters. The number of hydrogen-bond donors (Lipinski definition) is 0. The molecule has 0 aliphatic carbocycles. The second-order valence-electron chi connectivity index (χ2n) is 6.02. The molecule has 1 aromatic carbocycles. The van der Waals surface area contributed by atoms with Crippen molar-refractivity contribution < 1.29 is 4.79 Å². The second-order valence-corrected chi connectivity index (χ2v) is 6.46. The zero-order valence-electron chi connectivity index (χ0n) is 13.5. The highest BCUT2D eigenvalue weighted by Crippen LogP contribution is 2.29. The van der Waals surface area contributed by atoms with Crippen molar-refractivity contribution in [3.8, 4) is 0 Å². The molecule has 0 radical (unpaired) electrons. The van der Waals surface area contributed by atoms with Gasteiger partial charge in [0.25, 0.3) is 5.91 Å². The summed E-state index contributed by atoms with van der Waals surface area (Å²) in [6.45, 7) is 2.75. The molecule has 0 unspecified atom stereocenters. The number of hydrogen-bond acceptors (Lipinski definition) is 3. The Morgan fingerprint density at radius 1 is 1.25 bits per heavy atom. The molecule has 0 bridgehead atoms. The number of aromatic nitrogens is 2. The Bertz CT molecular complexity index is 949. The maximum Gasteiger partial charge on any atom is 0.292 e. The minimum atomic E-state index is -0.107. The summed E-state index contributed by atoms with van der Waals surface area (Å²) in [5, 5.41) is 8.62. The van der Waals surface area contributed by atoms with Crippen molar-refractivity contribution in [2.45, 2.75) is 13.3 Å². The number of nitrogens with zero attached hydrogens (tertiary/aromatic N) is 4. The fraction of sp³-hybridized carbons (Fsp3) is 0.222. The van der Waals surface area contributed by atoms with Crippen LogP contribution in [-0.2, 0) is 6.42 Å². The van der Waals surface area contributed by atoms with E-state index in [4.69, 9.17) is 11.6 Å². The van der Waals surface area contributed by atoms with E-state index in [1.165, 1.54) is 11.1 Å². The first-order valence-corrected chi connectivity index (χ1v) is 8.21. The van der Waals surface area contributed by atoms with E-state index in [0.29, 0.717) is 17.3 Å². The molecule has 4 rings (SSSR count). The Morgan fingerprint density at radius 2 is 2.08 bits per heavy atom. The molecule has 0 saturated carbocycles. The lowest BCUT2D eigenvalue weighted by molar-refractivity contribution is 0.0732. The standard InChI is InChI=1S/C18H17ClN4O/c1-12-4-3-5-17-15(12)8-9-23(21(17)2)18(24)16-10-14-7-6-13(19)11-22(14)20-16/h3-7,10-11H,8-9H2,1-2H3. The van der Waals surface area contributed by atoms with Gasteiger partial charge in [-0.1, -0.05) is 23.7 Å². The van der Waals surface area contributed by atoms with Crippen LogP contribution in [-0.4, -0.2) is 34.1 Å². The molecule has 0 saturated heterocycles. The van der Waals surface area contributed by atoms with Gasteiger partial charge in [0.1, 0.15) is 0 Å². The van der Waals surface area contributed by atoms with Gasteiger partial charge in [-0.15, -0.1) is 0 Å². The molecule has 0 spiro atoms. The average molecular weight is 341 g/mol. The van der Waals surface area contributed by atoms with Gasteiger partial charge >= 0.3 is 0 Å². The minimum Gasteiger partial charge on any atom is -0.285 e. The topological polar surface area (TPSA) is 40.9 Å². The van der Waals surface area contributed by atoms with E-state index in [2.05, 4.69) is 18.1 Å². The van der Waals surface area contributed by atoms with Crippen LogP contribution >= 0.6 is 11.6 Å². The fourth-order valence-corrected chi connectivity index (χ4v) is 3.40. The van der Waals surface area contributed by atoms with Crippen LogP contribution in [0.4, 0.5) is 5.69 Å². The number of carbonyl (C=O) groups is 1. The third kappa shape index (κ3) is 2.32. The highest BCUT2D eigenvalue weighted by molar-refractivity contribution is 6.30. The number of amides is 1. The summed E-state index contributed by atoms with van der Waals surface area (Å²) in [4.78, 5) is 12.9. The van der Waals surface area contributed by atoms with E-state index in [1.54, 1.807) is 27.9 Å². The maximum absolute atomic E-state index is 12.9. The van der Waals surface area contributed by atoms with E-state index in [1.807, 2.05) is 30.3 Å². The molecular formula is C18H17ClN4O. The largest absolute Gasteiger partial charge is 0.292 e. The average Bonchev–Trinajstić information content (AvgIpc) is 2.98. The molecule has 1 aliphatic heterocycles. The van der Waals surface area contributed by atoms with Gasteiger partial charge in [0.15, 0.2) is 5.69 Å². The van der Waals surface area contributed by atoms with Crippen molar-refractivity contribution in [1.82, 2.24) is 14.6 Å². The van der Waals surface area contributed by atoms with Crippen molar-refractivity contribution in [2.75, 3.05) is 18.6 Å². The van der Waals surface area contributed by atoms with E-state index in [0.717, 1.165) is 17.6 Å². The Kier molecular flexibility index (Phi) is 3.46. The lowest BCUT2D eigenvalue weighted by Crippen LogP contribution is -2.48. The van der Waals surface area contributed by atoms with Gasteiger partial charge in [-0.25, -0.2) is 9.52 Å². The van der Waals surface area contributed by atoms with Crippen LogP contribution in [0.3, 0.4) is 0 Å². The van der Waals surface area contributed by atoms with Gasteiger partial charge in [-0.05, 0) is 48.7 Å². The van der Waals surface area contributed by atoms with Gasteiger partial charge in [-0.3, -0.25) is 9.80 Å². The molecule has 5 nitrogen and oxygen atoms in total.